The third-order valence-corrected chi connectivity index (χ3v) is 0.462. The lowest BCUT2D eigenvalue weighted by Gasteiger charge is -1.82. The maximum absolute atomic E-state index is 10.2. The van der Waals surface area contributed by atoms with Gasteiger partial charge in [0.1, 0.15) is 6.11 Å². The minimum atomic E-state index is -0.505. The molecule has 0 heterocycles. The average molecular weight is 110 g/mol. The summed E-state index contributed by atoms with van der Waals surface area (Å²) in [5.74, 6) is -0.505. The number of ether oxygens (including phenoxy) is 1. The topological polar surface area (TPSA) is 26.3 Å². The van der Waals surface area contributed by atoms with Crippen molar-refractivity contribution in [3.63, 3.8) is 0 Å². The standard InChI is InChI=1S/C6H6O2/c1-3-5-6(7)8-4-2/h2-3,5H,1H3/b5-3+. The van der Waals surface area contributed by atoms with Gasteiger partial charge in [-0.1, -0.05) is 12.5 Å². The highest BCUT2D eigenvalue weighted by molar-refractivity contribution is 5.82. The molecule has 2 heteroatoms. The summed E-state index contributed by atoms with van der Waals surface area (Å²) >= 11 is 0. The monoisotopic (exact) mass is 110 g/mol. The van der Waals surface area contributed by atoms with Crippen LogP contribution in [0.3, 0.4) is 0 Å². The Balaban J connectivity index is 3.53. The van der Waals surface area contributed by atoms with Crippen LogP contribution in [-0.4, -0.2) is 5.97 Å². The summed E-state index contributed by atoms with van der Waals surface area (Å²) in [6.45, 7) is 1.71. The lowest BCUT2D eigenvalue weighted by Crippen LogP contribution is -1.92. The highest BCUT2D eigenvalue weighted by atomic mass is 16.5. The van der Waals surface area contributed by atoms with E-state index in [-0.39, 0.29) is 0 Å². The van der Waals surface area contributed by atoms with Gasteiger partial charge < -0.3 is 4.74 Å². The summed E-state index contributed by atoms with van der Waals surface area (Å²) in [4.78, 5) is 10.2. The van der Waals surface area contributed by atoms with Crippen molar-refractivity contribution in [3.8, 4) is 12.5 Å². The molecular weight excluding hydrogens is 104 g/mol. The Morgan fingerprint density at radius 3 is 2.88 bits per heavy atom. The fraction of sp³-hybridized carbons (Fsp3) is 0.167. The maximum atomic E-state index is 10.2. The minimum Gasteiger partial charge on any atom is -0.369 e. The molecule has 0 saturated carbocycles. The van der Waals surface area contributed by atoms with Gasteiger partial charge in [-0.15, -0.1) is 0 Å². The second-order valence-corrected chi connectivity index (χ2v) is 1.04. The molecule has 2 nitrogen and oxygen atoms in total. The lowest BCUT2D eigenvalue weighted by molar-refractivity contribution is -0.131. The molecule has 0 spiro atoms. The van der Waals surface area contributed by atoms with Crippen molar-refractivity contribution in [1.82, 2.24) is 0 Å². The fourth-order valence-electron chi connectivity index (χ4n) is 0.228. The zero-order valence-corrected chi connectivity index (χ0v) is 4.55. The van der Waals surface area contributed by atoms with Crippen LogP contribution in [0.15, 0.2) is 12.2 Å². The van der Waals surface area contributed by atoms with E-state index in [2.05, 4.69) is 11.2 Å². The molecule has 0 N–H and O–H groups in total. The number of allylic oxidation sites excluding steroid dienone is 1. The van der Waals surface area contributed by atoms with E-state index in [4.69, 9.17) is 0 Å². The Morgan fingerprint density at radius 1 is 1.88 bits per heavy atom. The summed E-state index contributed by atoms with van der Waals surface area (Å²) in [5, 5.41) is 0. The van der Waals surface area contributed by atoms with Crippen molar-refractivity contribution in [2.75, 3.05) is 0 Å². The van der Waals surface area contributed by atoms with Crippen LogP contribution in [-0.2, 0) is 9.53 Å². The van der Waals surface area contributed by atoms with Crippen molar-refractivity contribution < 1.29 is 9.53 Å². The summed E-state index contributed by atoms with van der Waals surface area (Å²) in [6, 6.07) is 0. The first-order chi connectivity index (χ1) is 3.81. The zero-order chi connectivity index (χ0) is 6.41. The molecule has 0 bridgehead atoms. The van der Waals surface area contributed by atoms with Crippen molar-refractivity contribution in [1.29, 1.82) is 0 Å². The van der Waals surface area contributed by atoms with Gasteiger partial charge in [-0.25, -0.2) is 4.79 Å². The van der Waals surface area contributed by atoms with Crippen molar-refractivity contribution in [2.45, 2.75) is 6.92 Å². The van der Waals surface area contributed by atoms with Gasteiger partial charge in [0, 0.05) is 6.08 Å². The highest BCUT2D eigenvalue weighted by Gasteiger charge is 1.87. The lowest BCUT2D eigenvalue weighted by atomic mass is 10.5. The quantitative estimate of drug-likeness (QED) is 0.282. The van der Waals surface area contributed by atoms with E-state index in [0.29, 0.717) is 0 Å². The van der Waals surface area contributed by atoms with E-state index in [1.807, 2.05) is 0 Å². The Kier molecular flexibility index (Phi) is 3.34. The molecule has 0 atom stereocenters. The van der Waals surface area contributed by atoms with Crippen LogP contribution >= 0.6 is 0 Å². The Hall–Kier alpha value is -1.23. The van der Waals surface area contributed by atoms with Gasteiger partial charge in [0.05, 0.1) is 0 Å². The molecule has 0 amide bonds. The van der Waals surface area contributed by atoms with E-state index in [0.717, 1.165) is 0 Å². The third-order valence-electron chi connectivity index (χ3n) is 0.462. The first-order valence-corrected chi connectivity index (χ1v) is 2.10. The van der Waals surface area contributed by atoms with Crippen LogP contribution in [0.5, 0.6) is 0 Å². The number of esters is 1. The number of carbonyl (C=O) groups is 1. The predicted octanol–water partition coefficient (Wildman–Crippen LogP) is 0.696. The molecular formula is C6H6O2. The number of terminal acetylenes is 1. The van der Waals surface area contributed by atoms with Crippen LogP contribution in [0.25, 0.3) is 0 Å². The first kappa shape index (κ1) is 6.77. The van der Waals surface area contributed by atoms with Crippen molar-refractivity contribution in [2.24, 2.45) is 0 Å². The molecule has 42 valence electrons. The summed E-state index contributed by atoms with van der Waals surface area (Å²) in [6.07, 6.45) is 9.19. The summed E-state index contributed by atoms with van der Waals surface area (Å²) in [7, 11) is 0. The maximum Gasteiger partial charge on any atom is 0.344 e. The van der Waals surface area contributed by atoms with E-state index in [1.54, 1.807) is 19.1 Å². The smallest absolute Gasteiger partial charge is 0.344 e. The van der Waals surface area contributed by atoms with E-state index >= 15 is 0 Å². The van der Waals surface area contributed by atoms with Gasteiger partial charge in [-0.3, -0.25) is 0 Å². The molecule has 0 aliphatic rings. The molecule has 8 heavy (non-hydrogen) atoms. The largest absolute Gasteiger partial charge is 0.369 e. The van der Waals surface area contributed by atoms with Crippen molar-refractivity contribution >= 4 is 5.97 Å². The highest BCUT2D eigenvalue weighted by Crippen LogP contribution is 1.76. The van der Waals surface area contributed by atoms with E-state index in [1.165, 1.54) is 6.08 Å². The minimum absolute atomic E-state index is 0.505. The first-order valence-electron chi connectivity index (χ1n) is 2.10. The van der Waals surface area contributed by atoms with Crippen LogP contribution < -0.4 is 0 Å². The predicted molar refractivity (Wildman–Crippen MR) is 29.7 cm³/mol. The summed E-state index contributed by atoms with van der Waals surface area (Å²) < 4.78 is 4.08. The van der Waals surface area contributed by atoms with Gasteiger partial charge in [0.15, 0.2) is 0 Å². The molecule has 0 unspecified atom stereocenters. The second-order valence-electron chi connectivity index (χ2n) is 1.04. The van der Waals surface area contributed by atoms with Gasteiger partial charge >= 0.3 is 5.97 Å². The molecule has 0 aromatic carbocycles. The molecule has 0 radical (unpaired) electrons. The summed E-state index contributed by atoms with van der Waals surface area (Å²) in [5.41, 5.74) is 0. The molecule has 0 saturated heterocycles. The second kappa shape index (κ2) is 3.94. The number of hydrogen-bond donors (Lipinski definition) is 0. The molecule has 0 rings (SSSR count). The van der Waals surface area contributed by atoms with Crippen LogP contribution in [0.4, 0.5) is 0 Å². The number of carbonyl (C=O) groups excluding carboxylic acids is 1. The van der Waals surface area contributed by atoms with E-state index < -0.39 is 5.97 Å². The molecule has 0 aliphatic carbocycles. The van der Waals surface area contributed by atoms with Gasteiger partial charge in [0.2, 0.25) is 0 Å². The SMILES string of the molecule is C#COC(=O)/C=C/C. The third kappa shape index (κ3) is 2.98. The molecule has 0 aromatic heterocycles. The van der Waals surface area contributed by atoms with Gasteiger partial charge in [-0.05, 0) is 6.92 Å². The number of hydrogen-bond acceptors (Lipinski definition) is 2. The normalized spacial score (nSPS) is 8.50. The van der Waals surface area contributed by atoms with E-state index in [9.17, 15) is 4.79 Å². The Bertz CT molecular complexity index is 139. The van der Waals surface area contributed by atoms with Crippen LogP contribution in [0.2, 0.25) is 0 Å². The Labute approximate surface area is 48.1 Å². The van der Waals surface area contributed by atoms with Gasteiger partial charge in [0.25, 0.3) is 0 Å². The average Bonchev–Trinajstić information content (AvgIpc) is 1.68. The molecule has 0 aromatic rings. The van der Waals surface area contributed by atoms with Gasteiger partial charge in [-0.2, -0.15) is 0 Å². The number of rotatable bonds is 1. The van der Waals surface area contributed by atoms with Crippen LogP contribution in [0.1, 0.15) is 6.92 Å². The zero-order valence-electron chi connectivity index (χ0n) is 4.55. The molecule has 0 aliphatic heterocycles. The Morgan fingerprint density at radius 2 is 2.50 bits per heavy atom. The fourth-order valence-corrected chi connectivity index (χ4v) is 0.228. The van der Waals surface area contributed by atoms with Crippen molar-refractivity contribution in [3.05, 3.63) is 12.2 Å². The molecule has 0 fully saturated rings. The van der Waals surface area contributed by atoms with Crippen LogP contribution in [0, 0.1) is 12.5 Å².